The summed E-state index contributed by atoms with van der Waals surface area (Å²) in [5, 5.41) is 0. The van der Waals surface area contributed by atoms with Gasteiger partial charge in [0.15, 0.2) is 0 Å². The molecule has 0 saturated heterocycles. The number of rotatable bonds is 2. The number of carbonyl (C=O) groups is 2. The minimum absolute atomic E-state index is 0.0588. The van der Waals surface area contributed by atoms with Gasteiger partial charge in [-0.1, -0.05) is 18.2 Å². The van der Waals surface area contributed by atoms with Crippen LogP contribution < -0.4 is 4.90 Å². The van der Waals surface area contributed by atoms with Crippen LogP contribution in [0.2, 0.25) is 0 Å². The molecule has 0 radical (unpaired) electrons. The second kappa shape index (κ2) is 4.45. The van der Waals surface area contributed by atoms with E-state index in [9.17, 15) is 9.59 Å². The van der Waals surface area contributed by atoms with Crippen LogP contribution in [-0.4, -0.2) is 37.6 Å². The highest BCUT2D eigenvalue weighted by Gasteiger charge is 2.29. The number of carbonyl (C=O) groups excluding carboxylic acids is 2. The number of hydrogen-bond donors (Lipinski definition) is 0. The second-order valence-corrected chi connectivity index (χ2v) is 3.93. The molecule has 1 aromatic carbocycles. The van der Waals surface area contributed by atoms with E-state index in [1.54, 1.807) is 11.9 Å². The Kier molecular flexibility index (Phi) is 2.99. The quantitative estimate of drug-likeness (QED) is 0.723. The molecule has 1 aliphatic heterocycles. The zero-order valence-electron chi connectivity index (χ0n) is 9.84. The Balaban J connectivity index is 2.35. The van der Waals surface area contributed by atoms with Crippen LogP contribution in [0.3, 0.4) is 0 Å². The summed E-state index contributed by atoms with van der Waals surface area (Å²) in [6.45, 7) is 0.503. The molecule has 1 aromatic rings. The van der Waals surface area contributed by atoms with Crippen molar-refractivity contribution in [1.82, 2.24) is 4.90 Å². The van der Waals surface area contributed by atoms with Gasteiger partial charge in [0.2, 0.25) is 0 Å². The lowest BCUT2D eigenvalue weighted by molar-refractivity contribution is -0.138. The molecule has 0 spiro atoms. The summed E-state index contributed by atoms with van der Waals surface area (Å²) < 4.78 is 4.60. The highest BCUT2D eigenvalue weighted by atomic mass is 16.5. The molecule has 2 amide bonds. The van der Waals surface area contributed by atoms with Crippen molar-refractivity contribution in [2.24, 2.45) is 0 Å². The van der Waals surface area contributed by atoms with Gasteiger partial charge in [0, 0.05) is 13.6 Å². The van der Waals surface area contributed by atoms with Gasteiger partial charge in [-0.2, -0.15) is 0 Å². The van der Waals surface area contributed by atoms with Gasteiger partial charge in [-0.05, 0) is 11.6 Å². The number of amides is 2. The fourth-order valence-electron chi connectivity index (χ4n) is 1.89. The summed E-state index contributed by atoms with van der Waals surface area (Å²) in [5.74, 6) is -0.427. The summed E-state index contributed by atoms with van der Waals surface area (Å²) in [4.78, 5) is 26.3. The summed E-state index contributed by atoms with van der Waals surface area (Å²) in [7, 11) is 3.02. The minimum Gasteiger partial charge on any atom is -0.468 e. The van der Waals surface area contributed by atoms with E-state index in [4.69, 9.17) is 0 Å². The van der Waals surface area contributed by atoms with E-state index in [0.29, 0.717) is 6.54 Å². The number of urea groups is 1. The Morgan fingerprint density at radius 1 is 1.41 bits per heavy atom. The molecule has 5 nitrogen and oxygen atoms in total. The third-order valence-electron chi connectivity index (χ3n) is 2.76. The molecule has 90 valence electrons. The molecule has 0 saturated carbocycles. The van der Waals surface area contributed by atoms with Crippen molar-refractivity contribution in [3.05, 3.63) is 29.8 Å². The smallest absolute Gasteiger partial charge is 0.325 e. The second-order valence-electron chi connectivity index (χ2n) is 3.93. The van der Waals surface area contributed by atoms with Gasteiger partial charge in [-0.15, -0.1) is 0 Å². The van der Waals surface area contributed by atoms with E-state index in [0.717, 1.165) is 11.3 Å². The van der Waals surface area contributed by atoms with Crippen LogP contribution in [0.5, 0.6) is 0 Å². The van der Waals surface area contributed by atoms with Crippen LogP contribution in [0.4, 0.5) is 10.5 Å². The zero-order valence-corrected chi connectivity index (χ0v) is 9.84. The predicted octanol–water partition coefficient (Wildman–Crippen LogP) is 1.23. The SMILES string of the molecule is COC(=O)CN1C(=O)N(C)Cc2ccccc21. The molecule has 0 unspecified atom stereocenters. The number of nitrogens with zero attached hydrogens (tertiary/aromatic N) is 2. The number of para-hydroxylation sites is 1. The molecular weight excluding hydrogens is 220 g/mol. The Bertz CT molecular complexity index is 459. The van der Waals surface area contributed by atoms with Crippen LogP contribution in [0, 0.1) is 0 Å². The molecule has 0 aromatic heterocycles. The van der Waals surface area contributed by atoms with Crippen LogP contribution in [0.1, 0.15) is 5.56 Å². The molecule has 0 aliphatic carbocycles. The summed E-state index contributed by atoms with van der Waals surface area (Å²) in [6.07, 6.45) is 0. The van der Waals surface area contributed by atoms with Crippen molar-refractivity contribution in [2.75, 3.05) is 25.6 Å². The molecule has 0 atom stereocenters. The van der Waals surface area contributed by atoms with Crippen molar-refractivity contribution in [2.45, 2.75) is 6.54 Å². The van der Waals surface area contributed by atoms with E-state index in [1.165, 1.54) is 12.0 Å². The van der Waals surface area contributed by atoms with Crippen LogP contribution in [0.25, 0.3) is 0 Å². The van der Waals surface area contributed by atoms with Crippen molar-refractivity contribution in [1.29, 1.82) is 0 Å². The molecule has 17 heavy (non-hydrogen) atoms. The third kappa shape index (κ3) is 2.08. The first-order chi connectivity index (χ1) is 8.13. The number of esters is 1. The normalized spacial score (nSPS) is 14.6. The van der Waals surface area contributed by atoms with Crippen molar-refractivity contribution < 1.29 is 14.3 Å². The number of anilines is 1. The minimum atomic E-state index is -0.427. The standard InChI is InChI=1S/C12H14N2O3/c1-13-7-9-5-3-4-6-10(9)14(12(13)16)8-11(15)17-2/h3-6H,7-8H2,1-2H3. The van der Waals surface area contributed by atoms with E-state index in [2.05, 4.69) is 4.74 Å². The maximum atomic E-state index is 12.0. The molecule has 5 heteroatoms. The molecule has 2 rings (SSSR count). The topological polar surface area (TPSA) is 49.9 Å². The summed E-state index contributed by atoms with van der Waals surface area (Å²) >= 11 is 0. The number of ether oxygens (including phenoxy) is 1. The van der Waals surface area contributed by atoms with Gasteiger partial charge in [0.05, 0.1) is 12.8 Å². The highest BCUT2D eigenvalue weighted by molar-refractivity contribution is 5.98. The van der Waals surface area contributed by atoms with Gasteiger partial charge in [0.1, 0.15) is 6.54 Å². The van der Waals surface area contributed by atoms with E-state index in [1.807, 2.05) is 24.3 Å². The molecule has 0 bridgehead atoms. The van der Waals surface area contributed by atoms with Crippen molar-refractivity contribution >= 4 is 17.7 Å². The lowest BCUT2D eigenvalue weighted by Crippen LogP contribution is -2.47. The fourth-order valence-corrected chi connectivity index (χ4v) is 1.89. The van der Waals surface area contributed by atoms with E-state index < -0.39 is 5.97 Å². The fraction of sp³-hybridized carbons (Fsp3) is 0.333. The zero-order chi connectivity index (χ0) is 12.4. The molecule has 0 N–H and O–H groups in total. The monoisotopic (exact) mass is 234 g/mol. The molecule has 1 aliphatic rings. The van der Waals surface area contributed by atoms with Gasteiger partial charge in [-0.25, -0.2) is 4.79 Å². The lowest BCUT2D eigenvalue weighted by Gasteiger charge is -2.34. The van der Waals surface area contributed by atoms with Gasteiger partial charge >= 0.3 is 12.0 Å². The molecule has 0 fully saturated rings. The lowest BCUT2D eigenvalue weighted by atomic mass is 10.1. The Morgan fingerprint density at radius 2 is 2.12 bits per heavy atom. The number of benzene rings is 1. The van der Waals surface area contributed by atoms with Gasteiger partial charge in [0.25, 0.3) is 0 Å². The molecule has 1 heterocycles. The third-order valence-corrected chi connectivity index (χ3v) is 2.76. The number of hydrogen-bond acceptors (Lipinski definition) is 3. The van der Waals surface area contributed by atoms with Crippen LogP contribution in [0.15, 0.2) is 24.3 Å². The van der Waals surface area contributed by atoms with Crippen molar-refractivity contribution in [3.63, 3.8) is 0 Å². The van der Waals surface area contributed by atoms with E-state index >= 15 is 0 Å². The maximum Gasteiger partial charge on any atom is 0.325 e. The number of fused-ring (bicyclic) bond motifs is 1. The average molecular weight is 234 g/mol. The first kappa shape index (κ1) is 11.4. The number of methoxy groups -OCH3 is 1. The van der Waals surface area contributed by atoms with Crippen LogP contribution in [-0.2, 0) is 16.1 Å². The van der Waals surface area contributed by atoms with Crippen molar-refractivity contribution in [3.8, 4) is 0 Å². The first-order valence-corrected chi connectivity index (χ1v) is 5.31. The Labute approximate surface area is 99.6 Å². The van der Waals surface area contributed by atoms with Gasteiger partial charge in [-0.3, -0.25) is 9.69 Å². The largest absolute Gasteiger partial charge is 0.468 e. The Morgan fingerprint density at radius 3 is 2.82 bits per heavy atom. The maximum absolute atomic E-state index is 12.0. The first-order valence-electron chi connectivity index (χ1n) is 5.31. The highest BCUT2D eigenvalue weighted by Crippen LogP contribution is 2.27. The van der Waals surface area contributed by atoms with Gasteiger partial charge < -0.3 is 9.64 Å². The summed E-state index contributed by atoms with van der Waals surface area (Å²) in [5.41, 5.74) is 1.81. The van der Waals surface area contributed by atoms with E-state index in [-0.39, 0.29) is 12.6 Å². The Hall–Kier alpha value is -2.04. The predicted molar refractivity (Wildman–Crippen MR) is 62.7 cm³/mol. The van der Waals surface area contributed by atoms with Crippen LogP contribution >= 0.6 is 0 Å². The molecular formula is C12H14N2O3. The summed E-state index contributed by atoms with van der Waals surface area (Å²) in [6, 6.07) is 7.36. The average Bonchev–Trinajstić information content (AvgIpc) is 2.34.